The predicted molar refractivity (Wildman–Crippen MR) is 85.0 cm³/mol. The molecule has 0 aromatic heterocycles. The summed E-state index contributed by atoms with van der Waals surface area (Å²) >= 11 is 0. The molecule has 1 unspecified atom stereocenters. The highest BCUT2D eigenvalue weighted by Gasteiger charge is 2.33. The van der Waals surface area contributed by atoms with E-state index in [1.807, 2.05) is 0 Å². The Labute approximate surface area is 121 Å². The molecule has 1 aliphatic rings. The van der Waals surface area contributed by atoms with Gasteiger partial charge in [-0.25, -0.2) is 0 Å². The molecule has 1 heteroatoms. The van der Waals surface area contributed by atoms with E-state index >= 15 is 0 Å². The van der Waals surface area contributed by atoms with Crippen LogP contribution in [0.3, 0.4) is 0 Å². The van der Waals surface area contributed by atoms with Crippen LogP contribution in [0.15, 0.2) is 36.4 Å². The van der Waals surface area contributed by atoms with Crippen LogP contribution < -0.4 is 5.73 Å². The number of nitrogens with two attached hydrogens (primary N) is 1. The standard InChI is InChI=1S/C19H23N/c1-13-10-15(3)18(11-14(13)2)19(20)9-8-16-6-4-5-7-17(16)12-19/h4-7,10-11H,8-9,12,20H2,1-3H3. The highest BCUT2D eigenvalue weighted by atomic mass is 14.7. The summed E-state index contributed by atoms with van der Waals surface area (Å²) in [5.41, 5.74) is 14.8. The third-order valence-corrected chi connectivity index (χ3v) is 4.84. The zero-order chi connectivity index (χ0) is 14.3. The van der Waals surface area contributed by atoms with Gasteiger partial charge in [-0.2, -0.15) is 0 Å². The van der Waals surface area contributed by atoms with Crippen molar-refractivity contribution in [2.45, 2.75) is 45.6 Å². The van der Waals surface area contributed by atoms with Crippen molar-refractivity contribution in [3.63, 3.8) is 0 Å². The fraction of sp³-hybridized carbons (Fsp3) is 0.368. The Morgan fingerprint density at radius 2 is 1.55 bits per heavy atom. The molecule has 2 aromatic carbocycles. The first-order chi connectivity index (χ1) is 9.49. The Hall–Kier alpha value is -1.60. The van der Waals surface area contributed by atoms with E-state index in [1.54, 1.807) is 0 Å². The van der Waals surface area contributed by atoms with Gasteiger partial charge in [-0.1, -0.05) is 36.4 Å². The van der Waals surface area contributed by atoms with Gasteiger partial charge in [0.2, 0.25) is 0 Å². The van der Waals surface area contributed by atoms with E-state index in [0.717, 1.165) is 19.3 Å². The topological polar surface area (TPSA) is 26.0 Å². The molecule has 0 saturated heterocycles. The lowest BCUT2D eigenvalue weighted by molar-refractivity contribution is 0.383. The van der Waals surface area contributed by atoms with Crippen molar-refractivity contribution in [2.24, 2.45) is 5.73 Å². The summed E-state index contributed by atoms with van der Waals surface area (Å²) in [5, 5.41) is 0. The molecule has 2 N–H and O–H groups in total. The molecular weight excluding hydrogens is 242 g/mol. The van der Waals surface area contributed by atoms with E-state index < -0.39 is 0 Å². The Balaban J connectivity index is 2.05. The van der Waals surface area contributed by atoms with E-state index in [4.69, 9.17) is 5.73 Å². The smallest absolute Gasteiger partial charge is 0.0456 e. The van der Waals surface area contributed by atoms with E-state index in [9.17, 15) is 0 Å². The second kappa shape index (κ2) is 4.75. The molecule has 0 amide bonds. The largest absolute Gasteiger partial charge is 0.321 e. The van der Waals surface area contributed by atoms with Crippen LogP contribution in [0.4, 0.5) is 0 Å². The second-order valence-corrected chi connectivity index (χ2v) is 6.35. The van der Waals surface area contributed by atoms with Crippen LogP contribution >= 0.6 is 0 Å². The van der Waals surface area contributed by atoms with Crippen LogP contribution in [0.1, 0.15) is 39.8 Å². The first-order valence-corrected chi connectivity index (χ1v) is 7.43. The molecule has 0 radical (unpaired) electrons. The van der Waals surface area contributed by atoms with Gasteiger partial charge in [0, 0.05) is 5.54 Å². The van der Waals surface area contributed by atoms with Gasteiger partial charge in [-0.05, 0) is 73.4 Å². The summed E-state index contributed by atoms with van der Waals surface area (Å²) in [5.74, 6) is 0. The van der Waals surface area contributed by atoms with Crippen LogP contribution in [-0.2, 0) is 18.4 Å². The molecule has 20 heavy (non-hydrogen) atoms. The maximum absolute atomic E-state index is 6.82. The molecule has 1 nitrogen and oxygen atoms in total. The van der Waals surface area contributed by atoms with E-state index in [0.29, 0.717) is 0 Å². The van der Waals surface area contributed by atoms with Gasteiger partial charge in [0.15, 0.2) is 0 Å². The summed E-state index contributed by atoms with van der Waals surface area (Å²) in [6.07, 6.45) is 3.07. The molecule has 2 aromatic rings. The molecule has 3 rings (SSSR count). The normalized spacial score (nSPS) is 21.6. The number of fused-ring (bicyclic) bond motifs is 1. The lowest BCUT2D eigenvalue weighted by Crippen LogP contribution is -2.42. The molecule has 0 aliphatic heterocycles. The molecule has 0 heterocycles. The summed E-state index contributed by atoms with van der Waals surface area (Å²) in [7, 11) is 0. The zero-order valence-corrected chi connectivity index (χ0v) is 12.7. The van der Waals surface area contributed by atoms with Crippen LogP contribution in [0.25, 0.3) is 0 Å². The number of rotatable bonds is 1. The van der Waals surface area contributed by atoms with Crippen molar-refractivity contribution in [3.8, 4) is 0 Å². The fourth-order valence-electron chi connectivity index (χ4n) is 3.49. The number of hydrogen-bond donors (Lipinski definition) is 1. The van der Waals surface area contributed by atoms with Crippen molar-refractivity contribution in [2.75, 3.05) is 0 Å². The first-order valence-electron chi connectivity index (χ1n) is 7.43. The van der Waals surface area contributed by atoms with Crippen molar-refractivity contribution in [3.05, 3.63) is 69.8 Å². The highest BCUT2D eigenvalue weighted by molar-refractivity contribution is 5.44. The molecule has 0 spiro atoms. The van der Waals surface area contributed by atoms with Crippen molar-refractivity contribution in [1.29, 1.82) is 0 Å². The van der Waals surface area contributed by atoms with Crippen LogP contribution in [0.5, 0.6) is 0 Å². The lowest BCUT2D eigenvalue weighted by atomic mass is 9.73. The quantitative estimate of drug-likeness (QED) is 0.830. The van der Waals surface area contributed by atoms with E-state index in [2.05, 4.69) is 57.2 Å². The van der Waals surface area contributed by atoms with Crippen molar-refractivity contribution < 1.29 is 0 Å². The van der Waals surface area contributed by atoms with Gasteiger partial charge in [-0.3, -0.25) is 0 Å². The van der Waals surface area contributed by atoms with Crippen molar-refractivity contribution >= 4 is 0 Å². The minimum atomic E-state index is -0.211. The molecule has 1 aliphatic carbocycles. The minimum absolute atomic E-state index is 0.211. The van der Waals surface area contributed by atoms with Gasteiger partial charge in [0.1, 0.15) is 0 Å². The average molecular weight is 265 g/mol. The SMILES string of the molecule is Cc1cc(C)c(C2(N)CCc3ccccc3C2)cc1C. The summed E-state index contributed by atoms with van der Waals surface area (Å²) in [4.78, 5) is 0. The monoisotopic (exact) mass is 265 g/mol. The highest BCUT2D eigenvalue weighted by Crippen LogP contribution is 2.36. The van der Waals surface area contributed by atoms with Crippen LogP contribution in [-0.4, -0.2) is 0 Å². The predicted octanol–water partition coefficient (Wildman–Crippen LogP) is 3.95. The Bertz CT molecular complexity index is 657. The average Bonchev–Trinajstić information content (AvgIpc) is 2.42. The fourth-order valence-corrected chi connectivity index (χ4v) is 3.49. The Morgan fingerprint density at radius 3 is 2.30 bits per heavy atom. The molecule has 104 valence electrons. The van der Waals surface area contributed by atoms with Gasteiger partial charge in [0.25, 0.3) is 0 Å². The second-order valence-electron chi connectivity index (χ2n) is 6.35. The van der Waals surface area contributed by atoms with Crippen molar-refractivity contribution in [1.82, 2.24) is 0 Å². The number of aryl methyl sites for hydroxylation is 4. The van der Waals surface area contributed by atoms with Crippen LogP contribution in [0, 0.1) is 20.8 Å². The van der Waals surface area contributed by atoms with E-state index in [1.165, 1.54) is 33.4 Å². The van der Waals surface area contributed by atoms with Gasteiger partial charge in [-0.15, -0.1) is 0 Å². The van der Waals surface area contributed by atoms with Gasteiger partial charge < -0.3 is 5.73 Å². The number of benzene rings is 2. The summed E-state index contributed by atoms with van der Waals surface area (Å²) in [6.45, 7) is 6.54. The third-order valence-electron chi connectivity index (χ3n) is 4.84. The summed E-state index contributed by atoms with van der Waals surface area (Å²) in [6, 6.07) is 13.3. The maximum Gasteiger partial charge on any atom is 0.0456 e. The number of hydrogen-bond acceptors (Lipinski definition) is 1. The first kappa shape index (κ1) is 13.4. The Kier molecular flexibility index (Phi) is 3.18. The van der Waals surface area contributed by atoms with Gasteiger partial charge in [0.05, 0.1) is 0 Å². The molecule has 1 atom stereocenters. The summed E-state index contributed by atoms with van der Waals surface area (Å²) < 4.78 is 0. The molecule has 0 saturated carbocycles. The molecule has 0 bridgehead atoms. The molecular formula is C19H23N. The zero-order valence-electron chi connectivity index (χ0n) is 12.7. The third kappa shape index (κ3) is 2.16. The maximum atomic E-state index is 6.82. The minimum Gasteiger partial charge on any atom is -0.321 e. The molecule has 0 fully saturated rings. The van der Waals surface area contributed by atoms with E-state index in [-0.39, 0.29) is 5.54 Å². The lowest BCUT2D eigenvalue weighted by Gasteiger charge is -2.37. The van der Waals surface area contributed by atoms with Gasteiger partial charge >= 0.3 is 0 Å². The van der Waals surface area contributed by atoms with Crippen LogP contribution in [0.2, 0.25) is 0 Å². The Morgan fingerprint density at radius 1 is 0.900 bits per heavy atom.